The van der Waals surface area contributed by atoms with Crippen molar-refractivity contribution in [2.75, 3.05) is 13.2 Å². The fourth-order valence-electron chi connectivity index (χ4n) is 11.3. The molecule has 1 atom stereocenters. The van der Waals surface area contributed by atoms with E-state index in [-0.39, 0.29) is 31.1 Å². The maximum absolute atomic E-state index is 13.0. The number of carbonyl (C=O) groups is 3. The molecule has 486 valence electrons. The molecule has 0 N–H and O–H groups in total. The van der Waals surface area contributed by atoms with Crippen molar-refractivity contribution in [3.8, 4) is 0 Å². The zero-order valence-corrected chi connectivity index (χ0v) is 56.0. The van der Waals surface area contributed by atoms with Gasteiger partial charge in [-0.15, -0.1) is 0 Å². The maximum atomic E-state index is 13.0. The molecule has 0 radical (unpaired) electrons. The molecule has 0 bridgehead atoms. The number of esters is 3. The average Bonchev–Trinajstić information content (AvgIpc) is 3.49. The number of hydrogen-bond donors (Lipinski definition) is 0. The molecule has 0 aliphatic carbocycles. The van der Waals surface area contributed by atoms with E-state index in [1.54, 1.807) is 0 Å². The van der Waals surface area contributed by atoms with E-state index in [2.05, 4.69) is 69.4 Å². The van der Waals surface area contributed by atoms with Gasteiger partial charge in [0.25, 0.3) is 0 Å². The van der Waals surface area contributed by atoms with Crippen LogP contribution in [0, 0.1) is 0 Å². The zero-order chi connectivity index (χ0) is 59.9. The summed E-state index contributed by atoms with van der Waals surface area (Å²) in [6.45, 7) is 6.59. The van der Waals surface area contributed by atoms with E-state index in [1.807, 2.05) is 0 Å². The average molecular weight is 1160 g/mol. The highest BCUT2D eigenvalue weighted by molar-refractivity contribution is 5.71. The van der Waals surface area contributed by atoms with Crippen LogP contribution >= 0.6 is 0 Å². The summed E-state index contributed by atoms with van der Waals surface area (Å²) in [5.74, 6) is -0.865. The van der Waals surface area contributed by atoms with Gasteiger partial charge in [0, 0.05) is 19.3 Å². The molecule has 0 saturated carbocycles. The molecule has 83 heavy (non-hydrogen) atoms. The number of allylic oxidation sites excluding steroid dienone is 8. The van der Waals surface area contributed by atoms with Crippen LogP contribution in [0.4, 0.5) is 0 Å². The van der Waals surface area contributed by atoms with Crippen LogP contribution in [0.15, 0.2) is 48.6 Å². The van der Waals surface area contributed by atoms with Gasteiger partial charge in [-0.25, -0.2) is 0 Å². The molecule has 6 nitrogen and oxygen atoms in total. The van der Waals surface area contributed by atoms with E-state index >= 15 is 0 Å². The van der Waals surface area contributed by atoms with Crippen LogP contribution in [0.25, 0.3) is 0 Å². The number of hydrogen-bond acceptors (Lipinski definition) is 6. The lowest BCUT2D eigenvalue weighted by Gasteiger charge is -2.18. The highest BCUT2D eigenvalue weighted by Gasteiger charge is 2.19. The first kappa shape index (κ1) is 80.4. The second-order valence-electron chi connectivity index (χ2n) is 25.2. The summed E-state index contributed by atoms with van der Waals surface area (Å²) in [5, 5.41) is 0. The van der Waals surface area contributed by atoms with Gasteiger partial charge >= 0.3 is 17.9 Å². The Bertz CT molecular complexity index is 1430. The molecule has 0 aromatic heterocycles. The van der Waals surface area contributed by atoms with Crippen LogP contribution in [0.2, 0.25) is 0 Å². The zero-order valence-electron chi connectivity index (χ0n) is 56.0. The van der Waals surface area contributed by atoms with Gasteiger partial charge in [0.05, 0.1) is 0 Å². The van der Waals surface area contributed by atoms with Gasteiger partial charge in [0.2, 0.25) is 0 Å². The Balaban J connectivity index is 4.24. The lowest BCUT2D eigenvalue weighted by Crippen LogP contribution is -2.30. The summed E-state index contributed by atoms with van der Waals surface area (Å²) in [6, 6.07) is 0. The van der Waals surface area contributed by atoms with Gasteiger partial charge in [-0.2, -0.15) is 0 Å². The molecule has 0 heterocycles. The van der Waals surface area contributed by atoms with Crippen LogP contribution < -0.4 is 0 Å². The van der Waals surface area contributed by atoms with Crippen molar-refractivity contribution in [2.45, 2.75) is 412 Å². The molecule has 0 aromatic carbocycles. The van der Waals surface area contributed by atoms with Gasteiger partial charge in [-0.1, -0.05) is 358 Å². The molecule has 0 fully saturated rings. The SMILES string of the molecule is CC/C=C\C/C=C\C/C=C\CCCCCCCC(=O)OCC(COC(=O)CCCCCCCCCCCCCCCCCCCCCCCCCCCCC)OC(=O)CCCCCCCCCCCCC/C=C\CCCCCCCCCC. The van der Waals surface area contributed by atoms with Gasteiger partial charge < -0.3 is 14.2 Å². The quantitative estimate of drug-likeness (QED) is 0.0261. The van der Waals surface area contributed by atoms with Crippen molar-refractivity contribution in [3.63, 3.8) is 0 Å². The predicted octanol–water partition coefficient (Wildman–Crippen LogP) is 25.7. The summed E-state index contributed by atoms with van der Waals surface area (Å²) in [6.07, 6.45) is 91.6. The Morgan fingerprint density at radius 2 is 0.470 bits per heavy atom. The minimum atomic E-state index is -0.781. The fourth-order valence-corrected chi connectivity index (χ4v) is 11.3. The highest BCUT2D eigenvalue weighted by Crippen LogP contribution is 2.19. The monoisotopic (exact) mass is 1160 g/mol. The van der Waals surface area contributed by atoms with Crippen LogP contribution in [-0.4, -0.2) is 37.2 Å². The summed E-state index contributed by atoms with van der Waals surface area (Å²) >= 11 is 0. The van der Waals surface area contributed by atoms with Gasteiger partial charge in [-0.3, -0.25) is 14.4 Å². The van der Waals surface area contributed by atoms with Crippen molar-refractivity contribution in [2.24, 2.45) is 0 Å². The first-order valence-corrected chi connectivity index (χ1v) is 37.1. The molecule has 0 aliphatic heterocycles. The van der Waals surface area contributed by atoms with E-state index in [4.69, 9.17) is 14.2 Å². The number of ether oxygens (including phenoxy) is 3. The molecule has 1 unspecified atom stereocenters. The summed E-state index contributed by atoms with van der Waals surface area (Å²) in [7, 11) is 0. The van der Waals surface area contributed by atoms with E-state index in [0.717, 1.165) is 96.3 Å². The summed E-state index contributed by atoms with van der Waals surface area (Å²) in [5.41, 5.74) is 0. The van der Waals surface area contributed by atoms with Crippen molar-refractivity contribution in [1.82, 2.24) is 0 Å². The Kier molecular flexibility index (Phi) is 69.6. The molecule has 0 spiro atoms. The Hall–Kier alpha value is -2.63. The lowest BCUT2D eigenvalue weighted by molar-refractivity contribution is -0.167. The molecular weight excluding hydrogens is 1020 g/mol. The van der Waals surface area contributed by atoms with E-state index < -0.39 is 6.10 Å². The third-order valence-corrected chi connectivity index (χ3v) is 16.8. The second kappa shape index (κ2) is 71.8. The fraction of sp³-hybridized carbons (Fsp3) is 0.857. The van der Waals surface area contributed by atoms with Gasteiger partial charge in [0.1, 0.15) is 13.2 Å². The number of unbranched alkanes of at least 4 members (excludes halogenated alkanes) is 50. The Morgan fingerprint density at radius 3 is 0.747 bits per heavy atom. The maximum Gasteiger partial charge on any atom is 0.306 e. The van der Waals surface area contributed by atoms with Crippen molar-refractivity contribution in [3.05, 3.63) is 48.6 Å². The third-order valence-electron chi connectivity index (χ3n) is 16.8. The van der Waals surface area contributed by atoms with Crippen LogP contribution in [0.1, 0.15) is 406 Å². The number of carbonyl (C=O) groups excluding carboxylic acids is 3. The van der Waals surface area contributed by atoms with Gasteiger partial charge in [-0.05, 0) is 77.0 Å². The topological polar surface area (TPSA) is 78.9 Å². The molecule has 0 aliphatic rings. The highest BCUT2D eigenvalue weighted by atomic mass is 16.6. The van der Waals surface area contributed by atoms with Crippen LogP contribution in [0.3, 0.4) is 0 Å². The first-order chi connectivity index (χ1) is 41.0. The number of rotatable bonds is 69. The largest absolute Gasteiger partial charge is 0.462 e. The molecular formula is C77H142O6. The second-order valence-corrected chi connectivity index (χ2v) is 25.2. The predicted molar refractivity (Wildman–Crippen MR) is 362 cm³/mol. The van der Waals surface area contributed by atoms with Gasteiger partial charge in [0.15, 0.2) is 6.10 Å². The Labute approximate surface area is 518 Å². The standard InChI is InChI=1S/C77H142O6/c1-4-7-10-13-16-19-22-25-28-30-32-34-36-37-38-39-41-42-44-46-49-52-55-58-61-64-67-70-76(79)82-73-74(72-81-75(78)69-66-63-60-57-54-51-48-27-24-21-18-15-12-9-6-3)83-77(80)71-68-65-62-59-56-53-50-47-45-43-40-35-33-31-29-26-23-20-17-14-11-8-5-2/h9,12,18,21,27,31,33,48,74H,4-8,10-11,13-17,19-20,22-26,28-30,32,34-47,49-73H2,1-3H3/b12-9-,21-18-,33-31-,48-27-. The normalized spacial score (nSPS) is 12.3. The third kappa shape index (κ3) is 70.0. The molecule has 0 aromatic rings. The molecule has 0 amide bonds. The molecule has 0 saturated heterocycles. The summed E-state index contributed by atoms with van der Waals surface area (Å²) in [4.78, 5) is 38.5. The van der Waals surface area contributed by atoms with Crippen LogP contribution in [-0.2, 0) is 28.6 Å². The van der Waals surface area contributed by atoms with E-state index in [1.165, 1.54) is 270 Å². The molecule has 0 rings (SSSR count). The lowest BCUT2D eigenvalue weighted by atomic mass is 10.0. The smallest absolute Gasteiger partial charge is 0.306 e. The Morgan fingerprint density at radius 1 is 0.253 bits per heavy atom. The first-order valence-electron chi connectivity index (χ1n) is 37.1. The van der Waals surface area contributed by atoms with Crippen molar-refractivity contribution in [1.29, 1.82) is 0 Å². The van der Waals surface area contributed by atoms with Crippen molar-refractivity contribution < 1.29 is 28.6 Å². The molecule has 6 heteroatoms. The minimum absolute atomic E-state index is 0.0746. The minimum Gasteiger partial charge on any atom is -0.462 e. The van der Waals surface area contributed by atoms with E-state index in [9.17, 15) is 14.4 Å². The van der Waals surface area contributed by atoms with Crippen molar-refractivity contribution >= 4 is 17.9 Å². The van der Waals surface area contributed by atoms with Crippen LogP contribution in [0.5, 0.6) is 0 Å². The van der Waals surface area contributed by atoms with E-state index in [0.29, 0.717) is 19.3 Å². The summed E-state index contributed by atoms with van der Waals surface area (Å²) < 4.78 is 17.0.